The lowest BCUT2D eigenvalue weighted by atomic mass is 10.0. The summed E-state index contributed by atoms with van der Waals surface area (Å²) >= 11 is 0. The second-order valence-corrected chi connectivity index (χ2v) is 6.95. The first-order chi connectivity index (χ1) is 12.2. The van der Waals surface area contributed by atoms with Crippen LogP contribution < -0.4 is 9.47 Å². The van der Waals surface area contributed by atoms with Crippen LogP contribution in [-0.4, -0.2) is 45.5 Å². The Morgan fingerprint density at radius 2 is 2.04 bits per heavy atom. The minimum atomic E-state index is 0.480. The maximum atomic E-state index is 5.89. The fraction of sp³-hybridized carbons (Fsp3) is 0.579. The van der Waals surface area contributed by atoms with Gasteiger partial charge in [0.05, 0.1) is 6.54 Å². The van der Waals surface area contributed by atoms with Gasteiger partial charge in [-0.3, -0.25) is 4.90 Å². The molecule has 1 aromatic heterocycles. The molecule has 2 aliphatic rings. The molecule has 6 heteroatoms. The zero-order valence-electron chi connectivity index (χ0n) is 15.1. The van der Waals surface area contributed by atoms with Crippen molar-refractivity contribution in [1.29, 1.82) is 0 Å². The van der Waals surface area contributed by atoms with Gasteiger partial charge in [0.2, 0.25) is 0 Å². The molecule has 0 amide bonds. The summed E-state index contributed by atoms with van der Waals surface area (Å²) in [6, 6.07) is 6.69. The maximum Gasteiger partial charge on any atom is 0.165 e. The second-order valence-electron chi connectivity index (χ2n) is 6.95. The number of aromatic nitrogens is 3. The summed E-state index contributed by atoms with van der Waals surface area (Å²) in [6.07, 6.45) is 3.73. The molecule has 0 aliphatic carbocycles. The molecule has 1 saturated heterocycles. The van der Waals surface area contributed by atoms with E-state index < -0.39 is 0 Å². The summed E-state index contributed by atoms with van der Waals surface area (Å²) in [4.78, 5) is 7.00. The van der Waals surface area contributed by atoms with Crippen LogP contribution in [0, 0.1) is 13.8 Å². The number of nitrogens with zero attached hydrogens (tertiary/aromatic N) is 4. The first-order valence-corrected chi connectivity index (χ1v) is 9.20. The number of rotatable bonds is 4. The van der Waals surface area contributed by atoms with Crippen molar-refractivity contribution in [3.63, 3.8) is 0 Å². The predicted octanol–water partition coefficient (Wildman–Crippen LogP) is 2.72. The number of likely N-dealkylation sites (tertiary alicyclic amines) is 1. The second kappa shape index (κ2) is 7.04. The molecule has 25 heavy (non-hydrogen) atoms. The number of fused-ring (bicyclic) bond motifs is 1. The number of hydrogen-bond acceptors (Lipinski definition) is 5. The van der Waals surface area contributed by atoms with Crippen molar-refractivity contribution in [2.24, 2.45) is 0 Å². The van der Waals surface area contributed by atoms with E-state index in [2.05, 4.69) is 31.8 Å². The molecule has 2 aromatic rings. The average Bonchev–Trinajstić information content (AvgIpc) is 2.94. The smallest absolute Gasteiger partial charge is 0.165 e. The largest absolute Gasteiger partial charge is 0.486 e. The molecule has 1 aromatic carbocycles. The highest BCUT2D eigenvalue weighted by Gasteiger charge is 2.26. The van der Waals surface area contributed by atoms with Gasteiger partial charge in [-0.25, -0.2) is 9.67 Å². The molecule has 134 valence electrons. The van der Waals surface area contributed by atoms with Crippen LogP contribution in [0.1, 0.15) is 36.5 Å². The Morgan fingerprint density at radius 3 is 2.88 bits per heavy atom. The Morgan fingerprint density at radius 1 is 1.16 bits per heavy atom. The lowest BCUT2D eigenvalue weighted by Gasteiger charge is -2.36. The molecule has 0 N–H and O–H groups in total. The Hall–Kier alpha value is -2.08. The highest BCUT2D eigenvalue weighted by molar-refractivity contribution is 5.47. The molecule has 6 nitrogen and oxygen atoms in total. The van der Waals surface area contributed by atoms with Crippen LogP contribution >= 0.6 is 0 Å². The van der Waals surface area contributed by atoms with E-state index >= 15 is 0 Å². The van der Waals surface area contributed by atoms with Gasteiger partial charge in [-0.15, -0.1) is 0 Å². The van der Waals surface area contributed by atoms with Crippen molar-refractivity contribution in [2.45, 2.75) is 52.2 Å². The first-order valence-electron chi connectivity index (χ1n) is 9.20. The Labute approximate surface area is 148 Å². The highest BCUT2D eigenvalue weighted by Crippen LogP contribution is 2.35. The monoisotopic (exact) mass is 342 g/mol. The number of hydrogen-bond donors (Lipinski definition) is 0. The van der Waals surface area contributed by atoms with Gasteiger partial charge < -0.3 is 9.47 Å². The zero-order chi connectivity index (χ0) is 17.2. The van der Waals surface area contributed by atoms with Crippen molar-refractivity contribution < 1.29 is 9.47 Å². The van der Waals surface area contributed by atoms with Crippen molar-refractivity contribution in [2.75, 3.05) is 19.8 Å². The van der Waals surface area contributed by atoms with Crippen LogP contribution in [0.2, 0.25) is 0 Å². The summed E-state index contributed by atoms with van der Waals surface area (Å²) in [6.45, 7) is 8.16. The molecular formula is C19H26N4O2. The minimum absolute atomic E-state index is 0.480. The van der Waals surface area contributed by atoms with Crippen LogP contribution in [0.5, 0.6) is 11.5 Å². The molecule has 0 radical (unpaired) electrons. The number of aryl methyl sites for hydroxylation is 2. The molecule has 1 atom stereocenters. The van der Waals surface area contributed by atoms with Gasteiger partial charge in [0.25, 0.3) is 0 Å². The molecule has 2 aliphatic heterocycles. The van der Waals surface area contributed by atoms with Gasteiger partial charge in [-0.2, -0.15) is 5.10 Å². The average molecular weight is 342 g/mol. The Bertz CT molecular complexity index is 743. The SMILES string of the molecule is Cc1nc(C)n(CC2CCCCN2Cc2cccc3c2OCCO3)n1. The predicted molar refractivity (Wildman–Crippen MR) is 95.0 cm³/mol. The number of para-hydroxylation sites is 1. The summed E-state index contributed by atoms with van der Waals surface area (Å²) in [5.41, 5.74) is 1.22. The molecule has 0 spiro atoms. The Kier molecular flexibility index (Phi) is 4.61. The standard InChI is InChI=1S/C19H26N4O2/c1-14-20-15(2)23(21-14)13-17-7-3-4-9-22(17)12-16-6-5-8-18-19(16)25-11-10-24-18/h5-6,8,17H,3-4,7,9-13H2,1-2H3. The number of benzene rings is 1. The fourth-order valence-electron chi connectivity index (χ4n) is 3.89. The number of piperidine rings is 1. The van der Waals surface area contributed by atoms with E-state index in [0.29, 0.717) is 19.3 Å². The van der Waals surface area contributed by atoms with Gasteiger partial charge in [-0.05, 0) is 39.3 Å². The van der Waals surface area contributed by atoms with Crippen molar-refractivity contribution >= 4 is 0 Å². The normalized spacial score (nSPS) is 20.6. The van der Waals surface area contributed by atoms with E-state index in [4.69, 9.17) is 9.47 Å². The van der Waals surface area contributed by atoms with E-state index in [1.807, 2.05) is 19.9 Å². The van der Waals surface area contributed by atoms with Gasteiger partial charge in [-0.1, -0.05) is 18.6 Å². The van der Waals surface area contributed by atoms with E-state index in [-0.39, 0.29) is 0 Å². The Balaban J connectivity index is 1.53. The summed E-state index contributed by atoms with van der Waals surface area (Å²) < 4.78 is 13.7. The summed E-state index contributed by atoms with van der Waals surface area (Å²) in [7, 11) is 0. The fourth-order valence-corrected chi connectivity index (χ4v) is 3.89. The van der Waals surface area contributed by atoms with E-state index in [0.717, 1.165) is 42.8 Å². The van der Waals surface area contributed by atoms with Gasteiger partial charge in [0.1, 0.15) is 24.9 Å². The van der Waals surface area contributed by atoms with E-state index in [9.17, 15) is 0 Å². The summed E-state index contributed by atoms with van der Waals surface area (Å²) in [5.74, 6) is 3.64. The third-order valence-electron chi connectivity index (χ3n) is 5.12. The topological polar surface area (TPSA) is 52.4 Å². The molecule has 0 bridgehead atoms. The van der Waals surface area contributed by atoms with Gasteiger partial charge >= 0.3 is 0 Å². The van der Waals surface area contributed by atoms with Crippen molar-refractivity contribution in [1.82, 2.24) is 19.7 Å². The molecule has 0 saturated carbocycles. The van der Waals surface area contributed by atoms with E-state index in [1.165, 1.54) is 24.8 Å². The van der Waals surface area contributed by atoms with Gasteiger partial charge in [0, 0.05) is 18.2 Å². The molecule has 1 unspecified atom stereocenters. The quantitative estimate of drug-likeness (QED) is 0.855. The van der Waals surface area contributed by atoms with Gasteiger partial charge in [0.15, 0.2) is 11.5 Å². The summed E-state index contributed by atoms with van der Waals surface area (Å²) in [5, 5.41) is 4.55. The highest BCUT2D eigenvalue weighted by atomic mass is 16.6. The van der Waals surface area contributed by atoms with Crippen LogP contribution in [0.3, 0.4) is 0 Å². The molecule has 3 heterocycles. The molecule has 1 fully saturated rings. The van der Waals surface area contributed by atoms with Crippen LogP contribution in [0.4, 0.5) is 0 Å². The van der Waals surface area contributed by atoms with Crippen molar-refractivity contribution in [3.8, 4) is 11.5 Å². The van der Waals surface area contributed by atoms with Crippen LogP contribution in [0.25, 0.3) is 0 Å². The third kappa shape index (κ3) is 3.49. The lowest BCUT2D eigenvalue weighted by Crippen LogP contribution is -2.42. The van der Waals surface area contributed by atoms with E-state index in [1.54, 1.807) is 0 Å². The molecule has 4 rings (SSSR count). The maximum absolute atomic E-state index is 5.89. The van der Waals surface area contributed by atoms with Crippen LogP contribution in [0.15, 0.2) is 18.2 Å². The molecular weight excluding hydrogens is 316 g/mol. The minimum Gasteiger partial charge on any atom is -0.486 e. The first kappa shape index (κ1) is 16.4. The number of ether oxygens (including phenoxy) is 2. The van der Waals surface area contributed by atoms with Crippen LogP contribution in [-0.2, 0) is 13.1 Å². The third-order valence-corrected chi connectivity index (χ3v) is 5.12. The lowest BCUT2D eigenvalue weighted by molar-refractivity contribution is 0.116. The zero-order valence-corrected chi connectivity index (χ0v) is 15.1. The van der Waals surface area contributed by atoms with Crippen molar-refractivity contribution in [3.05, 3.63) is 35.4 Å².